The molecule has 0 saturated carbocycles. The number of rotatable bonds is 5. The lowest BCUT2D eigenvalue weighted by Crippen LogP contribution is -2.31. The molecule has 0 aliphatic heterocycles. The van der Waals surface area contributed by atoms with Gasteiger partial charge in [-0.3, -0.25) is 4.98 Å². The maximum absolute atomic E-state index is 11.9. The molecular weight excluding hydrogens is 252 g/mol. The van der Waals surface area contributed by atoms with Crippen LogP contribution < -0.4 is 10.1 Å². The van der Waals surface area contributed by atoms with Crippen LogP contribution in [-0.4, -0.2) is 11.1 Å². The Morgan fingerprint density at radius 3 is 2.55 bits per heavy atom. The molecule has 2 rings (SSSR count). The Labute approximate surface area is 118 Å². The largest absolute Gasteiger partial charge is 0.413 e. The van der Waals surface area contributed by atoms with Crippen molar-refractivity contribution in [3.05, 3.63) is 60.4 Å². The van der Waals surface area contributed by atoms with Crippen molar-refractivity contribution in [1.82, 2.24) is 10.3 Å². The summed E-state index contributed by atoms with van der Waals surface area (Å²) in [7, 11) is 0. The Kier molecular flexibility index (Phi) is 5.12. The van der Waals surface area contributed by atoms with Crippen molar-refractivity contribution in [1.29, 1.82) is 0 Å². The van der Waals surface area contributed by atoms with E-state index in [4.69, 9.17) is 4.74 Å². The van der Waals surface area contributed by atoms with Gasteiger partial charge in [-0.25, -0.2) is 4.79 Å². The van der Waals surface area contributed by atoms with Crippen LogP contribution in [0.25, 0.3) is 0 Å². The molecule has 0 spiro atoms. The molecule has 4 nitrogen and oxygen atoms in total. The zero-order chi connectivity index (χ0) is 14.2. The number of pyridine rings is 1. The minimum absolute atomic E-state index is 0.0563. The van der Waals surface area contributed by atoms with Gasteiger partial charge in [0.25, 0.3) is 0 Å². The normalized spacial score (nSPS) is 11.7. The van der Waals surface area contributed by atoms with E-state index in [1.165, 1.54) is 0 Å². The van der Waals surface area contributed by atoms with Gasteiger partial charge in [0.1, 0.15) is 5.75 Å². The van der Waals surface area contributed by atoms with Crippen molar-refractivity contribution in [3.8, 4) is 5.75 Å². The molecular formula is C16H18N2O2. The summed E-state index contributed by atoms with van der Waals surface area (Å²) < 4.78 is 5.25. The van der Waals surface area contributed by atoms with Crippen molar-refractivity contribution in [2.24, 2.45) is 0 Å². The average molecular weight is 270 g/mol. The van der Waals surface area contributed by atoms with Gasteiger partial charge in [-0.15, -0.1) is 0 Å². The molecule has 0 bridgehead atoms. The second kappa shape index (κ2) is 7.28. The molecule has 0 saturated heterocycles. The molecule has 2 aromatic rings. The molecule has 0 aliphatic rings. The van der Waals surface area contributed by atoms with E-state index in [0.29, 0.717) is 5.75 Å². The molecule has 1 aromatic carbocycles. The summed E-state index contributed by atoms with van der Waals surface area (Å²) >= 11 is 0. The number of ether oxygens (including phenoxy) is 1. The summed E-state index contributed by atoms with van der Waals surface area (Å²) in [6, 6.07) is 12.8. The van der Waals surface area contributed by atoms with Crippen LogP contribution in [0, 0.1) is 0 Å². The predicted molar refractivity (Wildman–Crippen MR) is 77.5 cm³/mol. The third-order valence-electron chi connectivity index (χ3n) is 2.93. The van der Waals surface area contributed by atoms with Crippen LogP contribution in [0.1, 0.15) is 31.4 Å². The summed E-state index contributed by atoms with van der Waals surface area (Å²) in [6.07, 6.45) is 4.84. The van der Waals surface area contributed by atoms with E-state index in [2.05, 4.69) is 17.2 Å². The molecule has 0 aliphatic carbocycles. The predicted octanol–water partition coefficient (Wildman–Crippen LogP) is 3.71. The summed E-state index contributed by atoms with van der Waals surface area (Å²) in [5, 5.41) is 2.89. The summed E-state index contributed by atoms with van der Waals surface area (Å²) in [5.41, 5.74) is 1.03. The second-order valence-corrected chi connectivity index (χ2v) is 4.47. The van der Waals surface area contributed by atoms with Crippen LogP contribution in [0.2, 0.25) is 0 Å². The molecule has 0 unspecified atom stereocenters. The second-order valence-electron chi connectivity index (χ2n) is 4.47. The quantitative estimate of drug-likeness (QED) is 0.901. The van der Waals surface area contributed by atoms with Crippen molar-refractivity contribution in [2.45, 2.75) is 25.8 Å². The number of benzene rings is 1. The number of para-hydroxylation sites is 1. The first-order valence-electron chi connectivity index (χ1n) is 6.73. The van der Waals surface area contributed by atoms with Crippen molar-refractivity contribution in [2.75, 3.05) is 0 Å². The van der Waals surface area contributed by atoms with Gasteiger partial charge < -0.3 is 10.1 Å². The molecule has 20 heavy (non-hydrogen) atoms. The number of carbonyl (C=O) groups excluding carboxylic acids is 1. The van der Waals surface area contributed by atoms with E-state index < -0.39 is 6.09 Å². The first-order valence-corrected chi connectivity index (χ1v) is 6.73. The van der Waals surface area contributed by atoms with Crippen LogP contribution in [0.4, 0.5) is 4.79 Å². The monoisotopic (exact) mass is 270 g/mol. The smallest absolute Gasteiger partial charge is 0.410 e. The molecule has 104 valence electrons. The number of hydrogen-bond acceptors (Lipinski definition) is 3. The molecule has 1 heterocycles. The van der Waals surface area contributed by atoms with E-state index >= 15 is 0 Å². The highest BCUT2D eigenvalue weighted by Crippen LogP contribution is 2.18. The molecule has 1 amide bonds. The fraction of sp³-hybridized carbons (Fsp3) is 0.250. The maximum Gasteiger partial charge on any atom is 0.413 e. The van der Waals surface area contributed by atoms with Crippen LogP contribution in [0.5, 0.6) is 5.75 Å². The minimum Gasteiger partial charge on any atom is -0.410 e. The Hall–Kier alpha value is -2.36. The van der Waals surface area contributed by atoms with E-state index in [1.807, 2.05) is 30.3 Å². The fourth-order valence-electron chi connectivity index (χ4n) is 1.97. The molecule has 1 N–H and O–H groups in total. The summed E-state index contributed by atoms with van der Waals surface area (Å²) in [4.78, 5) is 15.9. The number of amides is 1. The Balaban J connectivity index is 1.99. The number of nitrogens with one attached hydrogen (secondary N) is 1. The van der Waals surface area contributed by atoms with Gasteiger partial charge in [-0.05, 0) is 36.2 Å². The van der Waals surface area contributed by atoms with Gasteiger partial charge in [0.2, 0.25) is 0 Å². The fourth-order valence-corrected chi connectivity index (χ4v) is 1.97. The molecule has 1 aromatic heterocycles. The Bertz CT molecular complexity index is 529. The highest BCUT2D eigenvalue weighted by molar-refractivity contribution is 5.70. The van der Waals surface area contributed by atoms with Crippen LogP contribution in [0.3, 0.4) is 0 Å². The standard InChI is InChI=1S/C16H18N2O2/c1-2-6-15(13-9-11-17-12-10-13)18-16(19)20-14-7-4-3-5-8-14/h3-5,7-12,15H,2,6H2,1H3,(H,18,19)/t15-/m1/s1. The minimum atomic E-state index is -0.438. The molecule has 0 radical (unpaired) electrons. The number of carbonyl (C=O) groups is 1. The zero-order valence-corrected chi connectivity index (χ0v) is 11.5. The Morgan fingerprint density at radius 2 is 1.90 bits per heavy atom. The van der Waals surface area contributed by atoms with E-state index in [-0.39, 0.29) is 6.04 Å². The SMILES string of the molecule is CCC[C@@H](NC(=O)Oc1ccccc1)c1ccncc1. The lowest BCUT2D eigenvalue weighted by molar-refractivity contribution is 0.195. The van der Waals surface area contributed by atoms with Crippen LogP contribution in [-0.2, 0) is 0 Å². The van der Waals surface area contributed by atoms with Gasteiger partial charge >= 0.3 is 6.09 Å². The van der Waals surface area contributed by atoms with Crippen LogP contribution in [0.15, 0.2) is 54.9 Å². The highest BCUT2D eigenvalue weighted by Gasteiger charge is 2.14. The van der Waals surface area contributed by atoms with Gasteiger partial charge in [0, 0.05) is 12.4 Å². The summed E-state index contributed by atoms with van der Waals surface area (Å²) in [6.45, 7) is 2.08. The van der Waals surface area contributed by atoms with Crippen molar-refractivity contribution < 1.29 is 9.53 Å². The van der Waals surface area contributed by atoms with E-state index in [0.717, 1.165) is 18.4 Å². The summed E-state index contributed by atoms with van der Waals surface area (Å²) in [5.74, 6) is 0.537. The third kappa shape index (κ3) is 4.09. The maximum atomic E-state index is 11.9. The third-order valence-corrected chi connectivity index (χ3v) is 2.93. The van der Waals surface area contributed by atoms with E-state index in [1.54, 1.807) is 24.5 Å². The van der Waals surface area contributed by atoms with E-state index in [9.17, 15) is 4.79 Å². The lowest BCUT2D eigenvalue weighted by atomic mass is 10.0. The van der Waals surface area contributed by atoms with Gasteiger partial charge in [-0.1, -0.05) is 31.5 Å². The Morgan fingerprint density at radius 1 is 1.20 bits per heavy atom. The van der Waals surface area contributed by atoms with Gasteiger partial charge in [-0.2, -0.15) is 0 Å². The van der Waals surface area contributed by atoms with Gasteiger partial charge in [0.05, 0.1) is 6.04 Å². The lowest BCUT2D eigenvalue weighted by Gasteiger charge is -2.18. The number of aromatic nitrogens is 1. The first kappa shape index (κ1) is 14.1. The van der Waals surface area contributed by atoms with Gasteiger partial charge in [0.15, 0.2) is 0 Å². The highest BCUT2D eigenvalue weighted by atomic mass is 16.6. The molecule has 1 atom stereocenters. The number of nitrogens with zero attached hydrogens (tertiary/aromatic N) is 1. The van der Waals surface area contributed by atoms with Crippen LogP contribution >= 0.6 is 0 Å². The molecule has 4 heteroatoms. The molecule has 0 fully saturated rings. The zero-order valence-electron chi connectivity index (χ0n) is 11.5. The number of hydrogen-bond donors (Lipinski definition) is 1. The first-order chi connectivity index (χ1) is 9.79. The average Bonchev–Trinajstić information content (AvgIpc) is 2.49. The van der Waals surface area contributed by atoms with Crippen molar-refractivity contribution >= 4 is 6.09 Å². The van der Waals surface area contributed by atoms with Crippen molar-refractivity contribution in [3.63, 3.8) is 0 Å². The topological polar surface area (TPSA) is 51.2 Å².